The number of ether oxygens (including phenoxy) is 1. The topological polar surface area (TPSA) is 68.5 Å². The summed E-state index contributed by atoms with van der Waals surface area (Å²) in [5.74, 6) is -0.872. The van der Waals surface area contributed by atoms with Gasteiger partial charge in [-0.25, -0.2) is 4.79 Å². The fourth-order valence-corrected chi connectivity index (χ4v) is 2.77. The number of carbonyl (C=O) groups is 2. The smallest absolute Gasteiger partial charge is 0.337 e. The monoisotopic (exact) mass is 343 g/mol. The summed E-state index contributed by atoms with van der Waals surface area (Å²) in [4.78, 5) is 23.8. The minimum absolute atomic E-state index is 0.0848. The zero-order valence-corrected chi connectivity index (χ0v) is 13.6. The highest BCUT2D eigenvalue weighted by atomic mass is 35.5. The van der Waals surface area contributed by atoms with Crippen molar-refractivity contribution in [2.45, 2.75) is 6.92 Å². The summed E-state index contributed by atoms with van der Waals surface area (Å²) < 4.78 is 6.86. The number of aryl methyl sites for hydroxylation is 1. The minimum Gasteiger partial charge on any atom is -0.483 e. The summed E-state index contributed by atoms with van der Waals surface area (Å²) in [7, 11) is 0. The number of nitrogens with zero attached hydrogens (tertiary/aromatic N) is 1. The SMILES string of the molecule is Cc1cc(Cl)ccc1OCC(=O)n1cc(C(=O)O)c2ccccc21. The van der Waals surface area contributed by atoms with Crippen molar-refractivity contribution in [3.05, 3.63) is 64.8 Å². The van der Waals surface area contributed by atoms with Gasteiger partial charge in [-0.05, 0) is 36.8 Å². The van der Waals surface area contributed by atoms with Gasteiger partial charge in [-0.3, -0.25) is 9.36 Å². The van der Waals surface area contributed by atoms with Crippen molar-refractivity contribution < 1.29 is 19.4 Å². The van der Waals surface area contributed by atoms with Gasteiger partial charge >= 0.3 is 5.97 Å². The average molecular weight is 344 g/mol. The van der Waals surface area contributed by atoms with Crippen LogP contribution in [-0.2, 0) is 0 Å². The van der Waals surface area contributed by atoms with E-state index in [4.69, 9.17) is 16.3 Å². The lowest BCUT2D eigenvalue weighted by Gasteiger charge is -2.09. The molecule has 6 heteroatoms. The number of carboxylic acids is 1. The van der Waals surface area contributed by atoms with Gasteiger partial charge in [-0.15, -0.1) is 0 Å². The van der Waals surface area contributed by atoms with Crippen LogP contribution in [0.4, 0.5) is 0 Å². The van der Waals surface area contributed by atoms with Crippen LogP contribution in [0.15, 0.2) is 48.7 Å². The number of hydrogen-bond acceptors (Lipinski definition) is 3. The third kappa shape index (κ3) is 2.98. The number of hydrogen-bond donors (Lipinski definition) is 1. The van der Waals surface area contributed by atoms with Crippen LogP contribution in [-0.4, -0.2) is 28.2 Å². The van der Waals surface area contributed by atoms with Crippen molar-refractivity contribution in [3.63, 3.8) is 0 Å². The Kier molecular flexibility index (Phi) is 4.27. The summed E-state index contributed by atoms with van der Waals surface area (Å²) in [6, 6.07) is 12.0. The van der Waals surface area contributed by atoms with Crippen LogP contribution in [0.2, 0.25) is 5.02 Å². The Morgan fingerprint density at radius 3 is 2.67 bits per heavy atom. The molecule has 2 aromatic carbocycles. The first-order valence-corrected chi connectivity index (χ1v) is 7.60. The van der Waals surface area contributed by atoms with E-state index in [2.05, 4.69) is 0 Å². The number of carbonyl (C=O) groups excluding carboxylic acids is 1. The van der Waals surface area contributed by atoms with Gasteiger partial charge < -0.3 is 9.84 Å². The lowest BCUT2D eigenvalue weighted by Crippen LogP contribution is -2.18. The van der Waals surface area contributed by atoms with Gasteiger partial charge in [0.15, 0.2) is 6.61 Å². The normalized spacial score (nSPS) is 10.8. The Labute approximate surface area is 143 Å². The van der Waals surface area contributed by atoms with Crippen molar-refractivity contribution in [2.24, 2.45) is 0 Å². The molecule has 1 N–H and O–H groups in total. The van der Waals surface area contributed by atoms with Crippen LogP contribution < -0.4 is 4.74 Å². The first-order chi connectivity index (χ1) is 11.5. The Bertz CT molecular complexity index is 945. The molecule has 0 unspecified atom stereocenters. The fourth-order valence-electron chi connectivity index (χ4n) is 2.54. The van der Waals surface area contributed by atoms with E-state index in [-0.39, 0.29) is 18.1 Å². The van der Waals surface area contributed by atoms with E-state index >= 15 is 0 Å². The molecule has 0 atom stereocenters. The van der Waals surface area contributed by atoms with Gasteiger partial charge in [0.2, 0.25) is 0 Å². The molecule has 1 aromatic heterocycles. The molecular formula is C18H14ClNO4. The first kappa shape index (κ1) is 16.1. The summed E-state index contributed by atoms with van der Waals surface area (Å²) >= 11 is 5.89. The molecule has 0 aliphatic carbocycles. The maximum absolute atomic E-state index is 12.5. The summed E-state index contributed by atoms with van der Waals surface area (Å²) in [6.45, 7) is 1.62. The van der Waals surface area contributed by atoms with Gasteiger partial charge in [-0.1, -0.05) is 29.8 Å². The number of aromatic carboxylic acids is 1. The largest absolute Gasteiger partial charge is 0.483 e. The second-order valence-electron chi connectivity index (χ2n) is 5.33. The van der Waals surface area contributed by atoms with E-state index in [0.29, 0.717) is 21.7 Å². The molecule has 0 radical (unpaired) electrons. The fraction of sp³-hybridized carbons (Fsp3) is 0.111. The molecule has 0 saturated carbocycles. The molecule has 0 bridgehead atoms. The molecule has 0 amide bonds. The number of benzene rings is 2. The molecule has 0 aliphatic rings. The highest BCUT2D eigenvalue weighted by Gasteiger charge is 2.18. The number of para-hydroxylation sites is 1. The zero-order chi connectivity index (χ0) is 17.3. The molecule has 122 valence electrons. The van der Waals surface area contributed by atoms with E-state index in [0.717, 1.165) is 5.56 Å². The van der Waals surface area contributed by atoms with Crippen molar-refractivity contribution in [2.75, 3.05) is 6.61 Å². The van der Waals surface area contributed by atoms with Gasteiger partial charge in [0, 0.05) is 16.6 Å². The second kappa shape index (κ2) is 6.37. The van der Waals surface area contributed by atoms with Crippen molar-refractivity contribution in [1.29, 1.82) is 0 Å². The predicted molar refractivity (Wildman–Crippen MR) is 91.2 cm³/mol. The van der Waals surface area contributed by atoms with E-state index < -0.39 is 5.97 Å². The molecule has 0 spiro atoms. The van der Waals surface area contributed by atoms with Crippen molar-refractivity contribution in [1.82, 2.24) is 4.57 Å². The van der Waals surface area contributed by atoms with Crippen LogP contribution in [0.3, 0.4) is 0 Å². The van der Waals surface area contributed by atoms with Crippen LogP contribution in [0, 0.1) is 6.92 Å². The molecule has 3 rings (SSSR count). The van der Waals surface area contributed by atoms with Crippen molar-refractivity contribution in [3.8, 4) is 5.75 Å². The summed E-state index contributed by atoms with van der Waals surface area (Å²) in [5.41, 5.74) is 1.44. The van der Waals surface area contributed by atoms with E-state index in [1.807, 2.05) is 6.92 Å². The van der Waals surface area contributed by atoms with Crippen molar-refractivity contribution >= 4 is 34.4 Å². The van der Waals surface area contributed by atoms with Gasteiger partial charge in [0.1, 0.15) is 5.75 Å². The van der Waals surface area contributed by atoms with Gasteiger partial charge in [0.05, 0.1) is 11.1 Å². The van der Waals surface area contributed by atoms with Gasteiger partial charge in [-0.2, -0.15) is 0 Å². The Morgan fingerprint density at radius 1 is 1.21 bits per heavy atom. The highest BCUT2D eigenvalue weighted by molar-refractivity contribution is 6.30. The highest BCUT2D eigenvalue weighted by Crippen LogP contribution is 2.23. The third-order valence-corrected chi connectivity index (χ3v) is 3.93. The third-order valence-electron chi connectivity index (χ3n) is 3.70. The zero-order valence-electron chi connectivity index (χ0n) is 12.8. The Hall–Kier alpha value is -2.79. The molecule has 3 aromatic rings. The Morgan fingerprint density at radius 2 is 1.96 bits per heavy atom. The number of aromatic nitrogens is 1. The molecular weight excluding hydrogens is 330 g/mol. The first-order valence-electron chi connectivity index (χ1n) is 7.23. The molecule has 24 heavy (non-hydrogen) atoms. The van der Waals surface area contributed by atoms with Gasteiger partial charge in [0.25, 0.3) is 5.91 Å². The second-order valence-corrected chi connectivity index (χ2v) is 5.76. The molecule has 0 aliphatic heterocycles. The maximum Gasteiger partial charge on any atom is 0.337 e. The van der Waals surface area contributed by atoms with Crippen LogP contribution in [0.5, 0.6) is 5.75 Å². The molecule has 5 nitrogen and oxygen atoms in total. The summed E-state index contributed by atoms with van der Waals surface area (Å²) in [6.07, 6.45) is 1.33. The Balaban J connectivity index is 1.88. The standard InChI is InChI=1S/C18H14ClNO4/c1-11-8-12(19)6-7-16(11)24-10-17(21)20-9-14(18(22)23)13-4-2-3-5-15(13)20/h2-9H,10H2,1H3,(H,22,23). The lowest BCUT2D eigenvalue weighted by atomic mass is 10.2. The minimum atomic E-state index is -1.08. The number of carboxylic acid groups (broad SMARTS) is 1. The van der Waals surface area contributed by atoms with E-state index in [9.17, 15) is 14.7 Å². The van der Waals surface area contributed by atoms with Crippen LogP contribution in [0.1, 0.15) is 20.7 Å². The van der Waals surface area contributed by atoms with E-state index in [1.54, 1.807) is 42.5 Å². The van der Waals surface area contributed by atoms with E-state index in [1.165, 1.54) is 10.8 Å². The quantitative estimate of drug-likeness (QED) is 0.776. The lowest BCUT2D eigenvalue weighted by molar-refractivity contribution is 0.0699. The maximum atomic E-state index is 12.5. The summed E-state index contributed by atoms with van der Waals surface area (Å²) in [5, 5.41) is 10.4. The molecule has 1 heterocycles. The average Bonchev–Trinajstić information content (AvgIpc) is 2.94. The number of fused-ring (bicyclic) bond motifs is 1. The van der Waals surface area contributed by atoms with Crippen LogP contribution >= 0.6 is 11.6 Å². The number of halogens is 1. The number of rotatable bonds is 4. The molecule has 0 saturated heterocycles. The predicted octanol–water partition coefficient (Wildman–Crippen LogP) is 4.02. The molecule has 0 fully saturated rings. The van der Waals surface area contributed by atoms with Crippen LogP contribution in [0.25, 0.3) is 10.9 Å².